The van der Waals surface area contributed by atoms with Crippen molar-refractivity contribution >= 4 is 0 Å². The molecule has 1 aromatic rings. The Hall–Kier alpha value is -1.13. The molecule has 0 radical (unpaired) electrons. The van der Waals surface area contributed by atoms with E-state index in [1.807, 2.05) is 6.07 Å². The van der Waals surface area contributed by atoms with Gasteiger partial charge in [-0.2, -0.15) is 0 Å². The van der Waals surface area contributed by atoms with Crippen LogP contribution in [0.15, 0.2) is 18.5 Å². The largest absolute Gasteiger partial charge is 0.489 e. The molecule has 4 heteroatoms. The van der Waals surface area contributed by atoms with Crippen LogP contribution in [-0.2, 0) is 11.3 Å². The third kappa shape index (κ3) is 7.46. The van der Waals surface area contributed by atoms with Crippen LogP contribution in [0.3, 0.4) is 0 Å². The van der Waals surface area contributed by atoms with Crippen LogP contribution in [0, 0.1) is 11.8 Å². The van der Waals surface area contributed by atoms with E-state index in [0.717, 1.165) is 31.0 Å². The van der Waals surface area contributed by atoms with Crippen LogP contribution in [0.1, 0.15) is 33.3 Å². The van der Waals surface area contributed by atoms with Gasteiger partial charge in [0.05, 0.1) is 12.8 Å². The highest BCUT2D eigenvalue weighted by Gasteiger charge is 2.04. The summed E-state index contributed by atoms with van der Waals surface area (Å²) in [5.41, 5.74) is 1.14. The van der Waals surface area contributed by atoms with Crippen LogP contribution in [0.25, 0.3) is 0 Å². The van der Waals surface area contributed by atoms with E-state index in [4.69, 9.17) is 9.47 Å². The topological polar surface area (TPSA) is 43.4 Å². The number of ether oxygens (including phenoxy) is 2. The van der Waals surface area contributed by atoms with Gasteiger partial charge in [0.25, 0.3) is 0 Å². The van der Waals surface area contributed by atoms with Crippen molar-refractivity contribution in [3.63, 3.8) is 0 Å². The molecule has 1 rings (SSSR count). The van der Waals surface area contributed by atoms with Crippen LogP contribution in [-0.4, -0.2) is 31.3 Å². The Morgan fingerprint density at radius 2 is 1.95 bits per heavy atom. The molecule has 0 atom stereocenters. The van der Waals surface area contributed by atoms with Gasteiger partial charge in [-0.1, -0.05) is 27.7 Å². The Balaban J connectivity index is 2.33. The molecule has 0 saturated carbocycles. The molecule has 1 N–H and O–H groups in total. The highest BCUT2D eigenvalue weighted by atomic mass is 16.5. The molecule has 1 heterocycles. The summed E-state index contributed by atoms with van der Waals surface area (Å²) in [6, 6.07) is 2.00. The molecule has 114 valence electrons. The van der Waals surface area contributed by atoms with E-state index >= 15 is 0 Å². The van der Waals surface area contributed by atoms with Crippen molar-refractivity contribution in [1.82, 2.24) is 10.3 Å². The normalized spacial score (nSPS) is 11.3. The summed E-state index contributed by atoms with van der Waals surface area (Å²) < 4.78 is 11.3. The molecule has 0 aliphatic heterocycles. The third-order valence-corrected chi connectivity index (χ3v) is 2.67. The van der Waals surface area contributed by atoms with E-state index in [1.54, 1.807) is 12.4 Å². The first-order valence-electron chi connectivity index (χ1n) is 7.43. The van der Waals surface area contributed by atoms with Gasteiger partial charge in [-0.05, 0) is 24.4 Å². The smallest absolute Gasteiger partial charge is 0.142 e. The molecule has 20 heavy (non-hydrogen) atoms. The van der Waals surface area contributed by atoms with Gasteiger partial charge >= 0.3 is 0 Å². The number of nitrogens with one attached hydrogen (secondary N) is 1. The molecule has 0 aliphatic carbocycles. The number of aromatic nitrogens is 1. The van der Waals surface area contributed by atoms with E-state index in [-0.39, 0.29) is 0 Å². The molecular weight excluding hydrogens is 252 g/mol. The maximum absolute atomic E-state index is 5.75. The van der Waals surface area contributed by atoms with Crippen LogP contribution in [0.2, 0.25) is 0 Å². The van der Waals surface area contributed by atoms with E-state index in [0.29, 0.717) is 25.0 Å². The summed E-state index contributed by atoms with van der Waals surface area (Å²) in [7, 11) is 0. The fourth-order valence-corrected chi connectivity index (χ4v) is 1.71. The Kier molecular flexibility index (Phi) is 8.23. The summed E-state index contributed by atoms with van der Waals surface area (Å²) in [4.78, 5) is 4.12. The van der Waals surface area contributed by atoms with Gasteiger partial charge in [0.2, 0.25) is 0 Å². The predicted octanol–water partition coefficient (Wildman–Crippen LogP) is 2.88. The molecule has 0 spiro atoms. The molecule has 0 aromatic carbocycles. The summed E-state index contributed by atoms with van der Waals surface area (Å²) in [5, 5.41) is 3.42. The lowest BCUT2D eigenvalue weighted by Crippen LogP contribution is -2.19. The van der Waals surface area contributed by atoms with Gasteiger partial charge < -0.3 is 14.8 Å². The Morgan fingerprint density at radius 3 is 2.65 bits per heavy atom. The Bertz CT molecular complexity index is 367. The molecule has 0 unspecified atom stereocenters. The molecule has 4 nitrogen and oxygen atoms in total. The highest BCUT2D eigenvalue weighted by Crippen LogP contribution is 2.16. The van der Waals surface area contributed by atoms with Crippen molar-refractivity contribution in [2.75, 3.05) is 26.4 Å². The molecule has 1 aromatic heterocycles. The first kappa shape index (κ1) is 16.9. The molecule has 0 aliphatic rings. The molecular formula is C16H28N2O2. The van der Waals surface area contributed by atoms with Gasteiger partial charge in [-0.15, -0.1) is 0 Å². The SMILES string of the molecule is CC(C)CNCc1ccncc1OCCOCC(C)C. The van der Waals surface area contributed by atoms with Crippen molar-refractivity contribution in [2.24, 2.45) is 11.8 Å². The van der Waals surface area contributed by atoms with Crippen molar-refractivity contribution in [3.8, 4) is 5.75 Å². The van der Waals surface area contributed by atoms with E-state index in [2.05, 4.69) is 38.0 Å². The lowest BCUT2D eigenvalue weighted by atomic mass is 10.2. The first-order chi connectivity index (χ1) is 9.59. The summed E-state index contributed by atoms with van der Waals surface area (Å²) in [6.07, 6.45) is 3.57. The minimum absolute atomic E-state index is 0.559. The maximum atomic E-state index is 5.75. The zero-order chi connectivity index (χ0) is 14.8. The minimum Gasteiger partial charge on any atom is -0.489 e. The van der Waals surface area contributed by atoms with Gasteiger partial charge in [0, 0.05) is 24.9 Å². The molecule has 0 bridgehead atoms. The Labute approximate surface area is 122 Å². The van der Waals surface area contributed by atoms with Crippen molar-refractivity contribution in [2.45, 2.75) is 34.2 Å². The van der Waals surface area contributed by atoms with E-state index < -0.39 is 0 Å². The average Bonchev–Trinajstić information content (AvgIpc) is 2.39. The van der Waals surface area contributed by atoms with Crippen molar-refractivity contribution in [3.05, 3.63) is 24.0 Å². The monoisotopic (exact) mass is 280 g/mol. The standard InChI is InChI=1S/C16H28N2O2/c1-13(2)9-18-10-15-5-6-17-11-16(15)20-8-7-19-12-14(3)4/h5-6,11,13-14,18H,7-10,12H2,1-4H3. The van der Waals surface area contributed by atoms with Gasteiger partial charge in [-0.25, -0.2) is 0 Å². The van der Waals surface area contributed by atoms with Gasteiger partial charge in [0.1, 0.15) is 12.4 Å². The quantitative estimate of drug-likeness (QED) is 0.669. The minimum atomic E-state index is 0.559. The van der Waals surface area contributed by atoms with Crippen LogP contribution in [0.4, 0.5) is 0 Å². The second-order valence-corrected chi connectivity index (χ2v) is 5.83. The van der Waals surface area contributed by atoms with Crippen LogP contribution < -0.4 is 10.1 Å². The molecule has 0 amide bonds. The number of nitrogens with zero attached hydrogens (tertiary/aromatic N) is 1. The number of hydrogen-bond donors (Lipinski definition) is 1. The van der Waals surface area contributed by atoms with Gasteiger partial charge in [-0.3, -0.25) is 4.98 Å². The highest BCUT2D eigenvalue weighted by molar-refractivity contribution is 5.29. The summed E-state index contributed by atoms with van der Waals surface area (Å²) in [6.45, 7) is 12.4. The second-order valence-electron chi connectivity index (χ2n) is 5.83. The van der Waals surface area contributed by atoms with Crippen molar-refractivity contribution in [1.29, 1.82) is 0 Å². The first-order valence-corrected chi connectivity index (χ1v) is 7.43. The van der Waals surface area contributed by atoms with Crippen molar-refractivity contribution < 1.29 is 9.47 Å². The number of hydrogen-bond acceptors (Lipinski definition) is 4. The molecule has 0 saturated heterocycles. The zero-order valence-electron chi connectivity index (χ0n) is 13.2. The summed E-state index contributed by atoms with van der Waals surface area (Å²) >= 11 is 0. The van der Waals surface area contributed by atoms with Crippen LogP contribution in [0.5, 0.6) is 5.75 Å². The lowest BCUT2D eigenvalue weighted by Gasteiger charge is -2.13. The van der Waals surface area contributed by atoms with E-state index in [9.17, 15) is 0 Å². The number of pyridine rings is 1. The maximum Gasteiger partial charge on any atom is 0.142 e. The van der Waals surface area contributed by atoms with E-state index in [1.165, 1.54) is 0 Å². The van der Waals surface area contributed by atoms with Gasteiger partial charge in [0.15, 0.2) is 0 Å². The van der Waals surface area contributed by atoms with Crippen LogP contribution >= 0.6 is 0 Å². The predicted molar refractivity (Wildman–Crippen MR) is 81.9 cm³/mol. The number of rotatable bonds is 10. The fraction of sp³-hybridized carbons (Fsp3) is 0.688. The molecule has 0 fully saturated rings. The third-order valence-electron chi connectivity index (χ3n) is 2.67. The summed E-state index contributed by atoms with van der Waals surface area (Å²) in [5.74, 6) is 2.05. The lowest BCUT2D eigenvalue weighted by molar-refractivity contribution is 0.0815. The Morgan fingerprint density at radius 1 is 1.15 bits per heavy atom. The average molecular weight is 280 g/mol. The zero-order valence-corrected chi connectivity index (χ0v) is 13.2. The second kappa shape index (κ2) is 9.72. The fourth-order valence-electron chi connectivity index (χ4n) is 1.71.